The molecule has 2 unspecified atom stereocenters. The van der Waals surface area contributed by atoms with Gasteiger partial charge in [-0.1, -0.05) is 0 Å². The smallest absolute Gasteiger partial charge is 0.00710 e. The van der Waals surface area contributed by atoms with Gasteiger partial charge in [-0.15, -0.1) is 0 Å². The standard InChI is InChI=1S/C2H6P2/c1-2-4-3/h2H,3H2,1H3/p+1. The monoisotopic (exact) mass is 93.0 g/mol. The Morgan fingerprint density at radius 3 is 2.25 bits per heavy atom. The van der Waals surface area contributed by atoms with E-state index in [0.717, 1.165) is 7.89 Å². The fourth-order valence-corrected chi connectivity index (χ4v) is 0. The van der Waals surface area contributed by atoms with Gasteiger partial charge in [0, 0.05) is 0 Å². The molecule has 0 aliphatic heterocycles. The second-order valence-corrected chi connectivity index (χ2v) is 2.37. The van der Waals surface area contributed by atoms with Crippen LogP contribution in [0.5, 0.6) is 0 Å². The van der Waals surface area contributed by atoms with Gasteiger partial charge in [0.05, 0.1) is 22.6 Å². The van der Waals surface area contributed by atoms with Gasteiger partial charge in [0.25, 0.3) is 0 Å². The molecule has 0 amide bonds. The molecule has 0 aliphatic rings. The van der Waals surface area contributed by atoms with Crippen molar-refractivity contribution in [1.82, 2.24) is 0 Å². The first-order chi connectivity index (χ1) is 1.91. The van der Waals surface area contributed by atoms with Crippen LogP contribution in [0.4, 0.5) is 0 Å². The number of hydrogen-bond acceptors (Lipinski definition) is 0. The predicted molar refractivity (Wildman–Crippen MR) is 29.8 cm³/mol. The van der Waals surface area contributed by atoms with E-state index >= 15 is 0 Å². The molecule has 0 radical (unpaired) electrons. The van der Waals surface area contributed by atoms with Gasteiger partial charge in [0.2, 0.25) is 0 Å². The highest BCUT2D eigenvalue weighted by Gasteiger charge is 1.49. The summed E-state index contributed by atoms with van der Waals surface area (Å²) < 4.78 is 0. The fourth-order valence-electron chi connectivity index (χ4n) is 0. The summed E-state index contributed by atoms with van der Waals surface area (Å²) in [7, 11) is 3.56. The van der Waals surface area contributed by atoms with Gasteiger partial charge in [-0.3, -0.25) is 0 Å². The molecule has 0 aromatic heterocycles. The Kier molecular flexibility index (Phi) is 4.14. The van der Waals surface area contributed by atoms with Gasteiger partial charge in [0.15, 0.2) is 0 Å². The molecule has 0 rings (SSSR count). The quantitative estimate of drug-likeness (QED) is 0.395. The average molecular weight is 93.0 g/mol. The van der Waals surface area contributed by atoms with E-state index in [9.17, 15) is 0 Å². The minimum atomic E-state index is 0.932. The van der Waals surface area contributed by atoms with Crippen molar-refractivity contribution in [2.24, 2.45) is 0 Å². The highest BCUT2D eigenvalue weighted by molar-refractivity contribution is 8.01. The van der Waals surface area contributed by atoms with E-state index in [1.807, 2.05) is 6.92 Å². The normalized spacial score (nSPS) is 9.50. The van der Waals surface area contributed by atoms with Crippen LogP contribution < -0.4 is 0 Å². The maximum atomic E-state index is 2.63. The minimum absolute atomic E-state index is 0.932. The van der Waals surface area contributed by atoms with Crippen LogP contribution in [0.1, 0.15) is 6.92 Å². The van der Waals surface area contributed by atoms with Crippen molar-refractivity contribution in [2.75, 3.05) is 0 Å². The molecule has 0 aliphatic carbocycles. The molecule has 2 heteroatoms. The Labute approximate surface area is 30.5 Å². The maximum absolute atomic E-state index is 2.63. The maximum Gasteiger partial charge on any atom is 0.0876 e. The van der Waals surface area contributed by atoms with Gasteiger partial charge in [-0.25, -0.2) is 0 Å². The van der Waals surface area contributed by atoms with Crippen LogP contribution in [0.3, 0.4) is 0 Å². The zero-order chi connectivity index (χ0) is 3.41. The Bertz CT molecular complexity index is 19.2. The van der Waals surface area contributed by atoms with Crippen LogP contribution in [-0.2, 0) is 0 Å². The molecule has 0 saturated carbocycles. The summed E-state index contributed by atoms with van der Waals surface area (Å²) in [5.74, 6) is 2.12. The van der Waals surface area contributed by atoms with E-state index in [4.69, 9.17) is 0 Å². The zero-order valence-electron chi connectivity index (χ0n) is 2.65. The van der Waals surface area contributed by atoms with Crippen molar-refractivity contribution in [3.05, 3.63) is 0 Å². The van der Waals surface area contributed by atoms with E-state index in [-0.39, 0.29) is 0 Å². The van der Waals surface area contributed by atoms with Crippen LogP contribution in [0, 0.1) is 0 Å². The van der Waals surface area contributed by atoms with Crippen molar-refractivity contribution in [3.8, 4) is 0 Å². The third-order valence-corrected chi connectivity index (χ3v) is 1.50. The van der Waals surface area contributed by atoms with E-state index in [0.29, 0.717) is 0 Å². The van der Waals surface area contributed by atoms with Crippen molar-refractivity contribution < 1.29 is 0 Å². The largest absolute Gasteiger partial charge is 0.0876 e. The van der Waals surface area contributed by atoms with Gasteiger partial charge in [-0.05, 0) is 6.92 Å². The number of rotatable bonds is 0. The third-order valence-electron chi connectivity index (χ3n) is 0.167. The van der Waals surface area contributed by atoms with Crippen LogP contribution >= 0.6 is 16.8 Å². The summed E-state index contributed by atoms with van der Waals surface area (Å²) in [6.45, 7) is 2.05. The van der Waals surface area contributed by atoms with Crippen molar-refractivity contribution in [1.29, 1.82) is 0 Å². The molecule has 0 aromatic carbocycles. The molecule has 4 heavy (non-hydrogen) atoms. The first kappa shape index (κ1) is 4.60. The molecular formula is C2H7P2+. The summed E-state index contributed by atoms with van der Waals surface area (Å²) in [4.78, 5) is 0. The van der Waals surface area contributed by atoms with Crippen molar-refractivity contribution in [2.45, 2.75) is 6.92 Å². The molecule has 24 valence electrons. The molecule has 0 saturated heterocycles. The number of hydrogen-bond donors (Lipinski definition) is 0. The third kappa shape index (κ3) is 2.60. The predicted octanol–water partition coefficient (Wildman–Crippen LogP) is 1.28. The van der Waals surface area contributed by atoms with E-state index in [1.165, 1.54) is 0 Å². The Morgan fingerprint density at radius 1 is 2.00 bits per heavy atom. The highest BCUT2D eigenvalue weighted by atomic mass is 32.0. The van der Waals surface area contributed by atoms with Crippen LogP contribution in [0.25, 0.3) is 0 Å². The second-order valence-electron chi connectivity index (χ2n) is 0.455. The minimum Gasteiger partial charge on any atom is -0.00710 e. The molecule has 0 nitrogen and oxygen atoms in total. The Hall–Kier alpha value is 0.600. The lowest BCUT2D eigenvalue weighted by Crippen LogP contribution is -1.28. The SMILES string of the molecule is CC=[PH+]P. The molecule has 0 bridgehead atoms. The summed E-state index contributed by atoms with van der Waals surface area (Å²) in [5, 5.41) is 0. The fraction of sp³-hybridized carbons (Fsp3) is 0.500. The van der Waals surface area contributed by atoms with E-state index in [2.05, 4.69) is 14.7 Å². The second kappa shape index (κ2) is 3.60. The Balaban J connectivity index is 2.55. The van der Waals surface area contributed by atoms with Crippen molar-refractivity contribution in [3.63, 3.8) is 0 Å². The molecule has 0 N–H and O–H groups in total. The van der Waals surface area contributed by atoms with E-state index in [1.54, 1.807) is 0 Å². The molecular weight excluding hydrogens is 86.0 g/mol. The van der Waals surface area contributed by atoms with Gasteiger partial charge in [-0.2, -0.15) is 0 Å². The lowest BCUT2D eigenvalue weighted by Gasteiger charge is -1.35. The summed E-state index contributed by atoms with van der Waals surface area (Å²) in [5.41, 5.74) is 0. The topological polar surface area (TPSA) is 0 Å². The Morgan fingerprint density at radius 2 is 2.25 bits per heavy atom. The molecule has 2 atom stereocenters. The van der Waals surface area contributed by atoms with Crippen LogP contribution in [-0.4, -0.2) is 5.80 Å². The average Bonchev–Trinajstić information content (AvgIpc) is 1.37. The summed E-state index contributed by atoms with van der Waals surface area (Å²) in [6.07, 6.45) is 0. The summed E-state index contributed by atoms with van der Waals surface area (Å²) >= 11 is 0. The van der Waals surface area contributed by atoms with Gasteiger partial charge in [0.1, 0.15) is 0 Å². The van der Waals surface area contributed by atoms with Crippen LogP contribution in [0.2, 0.25) is 0 Å². The summed E-state index contributed by atoms with van der Waals surface area (Å²) in [6, 6.07) is 0. The first-order valence-electron chi connectivity index (χ1n) is 1.15. The molecule has 0 fully saturated rings. The lowest BCUT2D eigenvalue weighted by atomic mass is 11.0. The highest BCUT2D eigenvalue weighted by Crippen LogP contribution is 2.01. The molecule has 0 heterocycles. The van der Waals surface area contributed by atoms with E-state index < -0.39 is 0 Å². The molecule has 0 aromatic rings. The molecule has 0 spiro atoms. The lowest BCUT2D eigenvalue weighted by molar-refractivity contribution is 2.14. The van der Waals surface area contributed by atoms with Gasteiger partial charge >= 0.3 is 0 Å². The van der Waals surface area contributed by atoms with Gasteiger partial charge < -0.3 is 0 Å². The first-order valence-corrected chi connectivity index (χ1v) is 4.04. The van der Waals surface area contributed by atoms with Crippen LogP contribution in [0.15, 0.2) is 0 Å². The zero-order valence-corrected chi connectivity index (χ0v) is 4.81. The van der Waals surface area contributed by atoms with Crippen molar-refractivity contribution >= 4 is 22.6 Å².